The number of nitrogens with zero attached hydrogens (tertiary/aromatic N) is 4. The van der Waals surface area contributed by atoms with E-state index >= 15 is 0 Å². The molecule has 0 saturated carbocycles. The Morgan fingerprint density at radius 1 is 0.861 bits per heavy atom. The standard InChI is InChI=1S/C27H27N5O2S2/c1-20-10-14-23(15-11-20)30-31-26-25(29-27(35-26)28-22-8-4-2-5-9-22)21-12-16-24(17-13-21)36(33,34)32-18-6-3-7-19-32/h2,4-5,8-17H,3,6-7,18-19H2,1H3,(H,28,29). The van der Waals surface area contributed by atoms with Crippen molar-refractivity contribution in [2.75, 3.05) is 18.4 Å². The highest BCUT2D eigenvalue weighted by Crippen LogP contribution is 2.40. The first-order valence-corrected chi connectivity index (χ1v) is 14.2. The zero-order valence-corrected chi connectivity index (χ0v) is 21.6. The maximum atomic E-state index is 13.1. The first-order chi connectivity index (χ1) is 17.5. The van der Waals surface area contributed by atoms with Crippen LogP contribution in [0.15, 0.2) is 94.0 Å². The lowest BCUT2D eigenvalue weighted by Gasteiger charge is -2.25. The Labute approximate surface area is 215 Å². The maximum Gasteiger partial charge on any atom is 0.243 e. The fourth-order valence-corrected chi connectivity index (χ4v) is 6.37. The molecule has 0 unspecified atom stereocenters. The highest BCUT2D eigenvalue weighted by Gasteiger charge is 2.26. The summed E-state index contributed by atoms with van der Waals surface area (Å²) in [5.74, 6) is 0. The van der Waals surface area contributed by atoms with Crippen LogP contribution in [0.1, 0.15) is 24.8 Å². The first kappa shape index (κ1) is 24.3. The Morgan fingerprint density at radius 3 is 2.25 bits per heavy atom. The van der Waals surface area contributed by atoms with E-state index in [0.29, 0.717) is 33.8 Å². The number of sulfonamides is 1. The van der Waals surface area contributed by atoms with Crippen LogP contribution in [0, 0.1) is 6.92 Å². The van der Waals surface area contributed by atoms with E-state index in [9.17, 15) is 8.42 Å². The van der Waals surface area contributed by atoms with E-state index in [2.05, 4.69) is 15.5 Å². The van der Waals surface area contributed by atoms with Crippen molar-refractivity contribution in [1.82, 2.24) is 9.29 Å². The lowest BCUT2D eigenvalue weighted by atomic mass is 10.2. The second kappa shape index (κ2) is 10.7. The van der Waals surface area contributed by atoms with Crippen LogP contribution in [0.25, 0.3) is 11.3 Å². The smallest absolute Gasteiger partial charge is 0.243 e. The minimum absolute atomic E-state index is 0.300. The largest absolute Gasteiger partial charge is 0.331 e. The number of azo groups is 1. The van der Waals surface area contributed by atoms with Gasteiger partial charge in [-0.2, -0.15) is 4.31 Å². The van der Waals surface area contributed by atoms with Crippen LogP contribution in [0.3, 0.4) is 0 Å². The third-order valence-corrected chi connectivity index (χ3v) is 8.77. The van der Waals surface area contributed by atoms with Crippen molar-refractivity contribution in [1.29, 1.82) is 0 Å². The molecule has 1 fully saturated rings. The van der Waals surface area contributed by atoms with Gasteiger partial charge in [0.05, 0.1) is 10.6 Å². The Morgan fingerprint density at radius 2 is 1.56 bits per heavy atom. The molecule has 0 aliphatic carbocycles. The van der Waals surface area contributed by atoms with Gasteiger partial charge < -0.3 is 5.32 Å². The molecule has 1 aliphatic heterocycles. The summed E-state index contributed by atoms with van der Waals surface area (Å²) < 4.78 is 27.7. The quantitative estimate of drug-likeness (QED) is 0.258. The molecule has 5 rings (SSSR count). The Bertz CT molecular complexity index is 1440. The summed E-state index contributed by atoms with van der Waals surface area (Å²) in [7, 11) is -3.50. The molecule has 1 aliphatic rings. The van der Waals surface area contributed by atoms with Gasteiger partial charge in [-0.15, -0.1) is 10.2 Å². The van der Waals surface area contributed by atoms with Gasteiger partial charge in [0.25, 0.3) is 0 Å². The van der Waals surface area contributed by atoms with E-state index in [1.807, 2.05) is 61.5 Å². The van der Waals surface area contributed by atoms with E-state index < -0.39 is 10.0 Å². The fourth-order valence-electron chi connectivity index (χ4n) is 4.02. The molecule has 2 heterocycles. The van der Waals surface area contributed by atoms with Gasteiger partial charge in [-0.05, 0) is 56.2 Å². The number of rotatable bonds is 7. The molecule has 3 aromatic carbocycles. The molecule has 1 aromatic heterocycles. The number of para-hydroxylation sites is 1. The van der Waals surface area contributed by atoms with Crippen molar-refractivity contribution >= 4 is 42.9 Å². The van der Waals surface area contributed by atoms with Gasteiger partial charge in [-0.3, -0.25) is 0 Å². The molecule has 0 bridgehead atoms. The number of hydrogen-bond acceptors (Lipinski definition) is 7. The van der Waals surface area contributed by atoms with Gasteiger partial charge in [-0.25, -0.2) is 13.4 Å². The van der Waals surface area contributed by atoms with Crippen molar-refractivity contribution < 1.29 is 8.42 Å². The molecule has 184 valence electrons. The molecule has 0 amide bonds. The van der Waals surface area contributed by atoms with Crippen LogP contribution < -0.4 is 5.32 Å². The third kappa shape index (κ3) is 5.53. The summed E-state index contributed by atoms with van der Waals surface area (Å²) >= 11 is 1.39. The molecular formula is C27H27N5O2S2. The van der Waals surface area contributed by atoms with Gasteiger partial charge >= 0.3 is 0 Å². The number of aromatic nitrogens is 1. The summed E-state index contributed by atoms with van der Waals surface area (Å²) in [5, 5.41) is 13.6. The lowest BCUT2D eigenvalue weighted by Crippen LogP contribution is -2.35. The Balaban J connectivity index is 1.46. The van der Waals surface area contributed by atoms with E-state index in [0.717, 1.165) is 41.8 Å². The number of thiazole rings is 1. The summed E-state index contributed by atoms with van der Waals surface area (Å²) in [6.45, 7) is 3.18. The van der Waals surface area contributed by atoms with Crippen LogP contribution in [0.5, 0.6) is 0 Å². The van der Waals surface area contributed by atoms with Gasteiger partial charge in [-0.1, -0.05) is 65.8 Å². The van der Waals surface area contributed by atoms with E-state index in [-0.39, 0.29) is 0 Å². The second-order valence-corrected chi connectivity index (χ2v) is 11.6. The van der Waals surface area contributed by atoms with Crippen molar-refractivity contribution in [3.63, 3.8) is 0 Å². The SMILES string of the molecule is Cc1ccc(N=Nc2sc(Nc3ccccc3)nc2-c2ccc(S(=O)(=O)N3CCCCC3)cc2)cc1. The number of nitrogens with one attached hydrogen (secondary N) is 1. The first-order valence-electron chi connectivity index (χ1n) is 11.9. The van der Waals surface area contributed by atoms with Gasteiger partial charge in [0.15, 0.2) is 10.1 Å². The molecule has 1 saturated heterocycles. The predicted octanol–water partition coefficient (Wildman–Crippen LogP) is 7.45. The Hall–Kier alpha value is -3.40. The van der Waals surface area contributed by atoms with Crippen LogP contribution >= 0.6 is 11.3 Å². The molecule has 7 nitrogen and oxygen atoms in total. The minimum Gasteiger partial charge on any atom is -0.331 e. The van der Waals surface area contributed by atoms with Crippen LogP contribution in [-0.4, -0.2) is 30.8 Å². The van der Waals surface area contributed by atoms with Crippen LogP contribution in [0.2, 0.25) is 0 Å². The van der Waals surface area contributed by atoms with E-state index in [1.54, 1.807) is 28.6 Å². The van der Waals surface area contributed by atoms with Gasteiger partial charge in [0, 0.05) is 24.3 Å². The van der Waals surface area contributed by atoms with E-state index in [4.69, 9.17) is 4.98 Å². The molecule has 36 heavy (non-hydrogen) atoms. The average molecular weight is 518 g/mol. The number of hydrogen-bond donors (Lipinski definition) is 1. The molecular weight excluding hydrogens is 490 g/mol. The topological polar surface area (TPSA) is 87.0 Å². The van der Waals surface area contributed by atoms with Crippen LogP contribution in [-0.2, 0) is 10.0 Å². The fraction of sp³-hybridized carbons (Fsp3) is 0.222. The number of anilines is 2. The summed E-state index contributed by atoms with van der Waals surface area (Å²) in [6.07, 6.45) is 2.89. The predicted molar refractivity (Wildman–Crippen MR) is 145 cm³/mol. The Kier molecular flexibility index (Phi) is 7.22. The van der Waals surface area contributed by atoms with Crippen LogP contribution in [0.4, 0.5) is 21.5 Å². The van der Waals surface area contributed by atoms with Crippen molar-refractivity contribution in [3.05, 3.63) is 84.4 Å². The number of aryl methyl sites for hydroxylation is 1. The molecule has 0 atom stereocenters. The summed E-state index contributed by atoms with van der Waals surface area (Å²) in [5.41, 5.74) is 4.25. The highest BCUT2D eigenvalue weighted by molar-refractivity contribution is 7.89. The normalized spacial score (nSPS) is 14.8. The summed E-state index contributed by atoms with van der Waals surface area (Å²) in [6, 6.07) is 24.5. The van der Waals surface area contributed by atoms with Crippen molar-refractivity contribution in [2.45, 2.75) is 31.1 Å². The van der Waals surface area contributed by atoms with E-state index in [1.165, 1.54) is 11.3 Å². The lowest BCUT2D eigenvalue weighted by molar-refractivity contribution is 0.346. The van der Waals surface area contributed by atoms with Gasteiger partial charge in [0.2, 0.25) is 10.0 Å². The maximum absolute atomic E-state index is 13.1. The molecule has 1 N–H and O–H groups in total. The van der Waals surface area contributed by atoms with Gasteiger partial charge in [0.1, 0.15) is 5.69 Å². The molecule has 0 spiro atoms. The second-order valence-electron chi connectivity index (χ2n) is 8.69. The third-order valence-electron chi connectivity index (χ3n) is 6.01. The summed E-state index contributed by atoms with van der Waals surface area (Å²) in [4.78, 5) is 5.08. The monoisotopic (exact) mass is 517 g/mol. The zero-order chi connectivity index (χ0) is 25.0. The zero-order valence-electron chi connectivity index (χ0n) is 20.0. The van der Waals surface area contributed by atoms with Crippen molar-refractivity contribution in [2.24, 2.45) is 10.2 Å². The minimum atomic E-state index is -3.50. The number of benzene rings is 3. The average Bonchev–Trinajstić information content (AvgIpc) is 3.32. The number of piperidine rings is 1. The van der Waals surface area contributed by atoms with Crippen molar-refractivity contribution in [3.8, 4) is 11.3 Å². The molecule has 4 aromatic rings. The highest BCUT2D eigenvalue weighted by atomic mass is 32.2. The molecule has 9 heteroatoms. The molecule has 0 radical (unpaired) electrons.